The normalized spacial score (nSPS) is 11.4. The first-order valence-corrected chi connectivity index (χ1v) is 8.77. The van der Waals surface area contributed by atoms with Crippen molar-refractivity contribution in [3.63, 3.8) is 0 Å². The number of benzene rings is 3. The summed E-state index contributed by atoms with van der Waals surface area (Å²) < 4.78 is 0. The lowest BCUT2D eigenvalue weighted by atomic mass is 9.97. The van der Waals surface area contributed by atoms with Crippen LogP contribution in [0.2, 0.25) is 0 Å². The van der Waals surface area contributed by atoms with E-state index < -0.39 is 15.9 Å². The van der Waals surface area contributed by atoms with E-state index in [0.29, 0.717) is 16.8 Å². The van der Waals surface area contributed by atoms with Crippen molar-refractivity contribution in [3.05, 3.63) is 110 Å². The van der Waals surface area contributed by atoms with Crippen molar-refractivity contribution in [2.45, 2.75) is 12.5 Å². The van der Waals surface area contributed by atoms with Crippen LogP contribution in [-0.4, -0.2) is 15.6 Å². The fourth-order valence-corrected chi connectivity index (χ4v) is 2.92. The molecule has 0 aliphatic carbocycles. The molecule has 1 atom stereocenters. The number of carbonyl (C=O) groups excluding carboxylic acids is 1. The van der Waals surface area contributed by atoms with Gasteiger partial charge in [0.25, 0.3) is 11.4 Å². The van der Waals surface area contributed by atoms with E-state index in [1.807, 2.05) is 6.07 Å². The zero-order valence-corrected chi connectivity index (χ0v) is 15.2. The number of nitro benzene ring substituents is 2. The van der Waals surface area contributed by atoms with Crippen molar-refractivity contribution < 1.29 is 14.6 Å². The highest BCUT2D eigenvalue weighted by Gasteiger charge is 2.20. The third-order valence-electron chi connectivity index (χ3n) is 4.39. The van der Waals surface area contributed by atoms with Gasteiger partial charge in [-0.2, -0.15) is 0 Å². The molecule has 8 heteroatoms. The number of nitrogens with zero attached hydrogens (tertiary/aromatic N) is 2. The van der Waals surface area contributed by atoms with Gasteiger partial charge < -0.3 is 5.32 Å². The molecule has 1 unspecified atom stereocenters. The molecule has 0 heterocycles. The molecule has 0 aromatic heterocycles. The Morgan fingerprint density at radius 2 is 1.48 bits per heavy atom. The number of rotatable bonds is 8. The third-order valence-corrected chi connectivity index (χ3v) is 4.39. The molecule has 0 saturated carbocycles. The number of Topliss-reactive ketones (excluding diaryl/α,β-unsaturated/α-hetero) is 1. The summed E-state index contributed by atoms with van der Waals surface area (Å²) in [4.78, 5) is 33.7. The molecule has 3 aromatic carbocycles. The average Bonchev–Trinajstić information content (AvgIpc) is 2.74. The number of nitro groups is 2. The van der Waals surface area contributed by atoms with Crippen LogP contribution in [0.3, 0.4) is 0 Å². The smallest absolute Gasteiger partial charge is 0.269 e. The van der Waals surface area contributed by atoms with E-state index in [-0.39, 0.29) is 23.6 Å². The topological polar surface area (TPSA) is 115 Å². The number of hydrogen-bond acceptors (Lipinski definition) is 6. The van der Waals surface area contributed by atoms with Gasteiger partial charge in [0.2, 0.25) is 0 Å². The number of nitrogens with one attached hydrogen (secondary N) is 1. The molecule has 0 aliphatic rings. The first-order chi connectivity index (χ1) is 13.9. The molecule has 3 rings (SSSR count). The van der Waals surface area contributed by atoms with Crippen LogP contribution in [0.4, 0.5) is 17.1 Å². The van der Waals surface area contributed by atoms with Crippen molar-refractivity contribution in [2.24, 2.45) is 0 Å². The fourth-order valence-electron chi connectivity index (χ4n) is 2.92. The predicted octanol–water partition coefficient (Wildman–Crippen LogP) is 4.93. The van der Waals surface area contributed by atoms with Gasteiger partial charge in [-0.1, -0.05) is 42.5 Å². The lowest BCUT2D eigenvalue weighted by Gasteiger charge is -2.20. The van der Waals surface area contributed by atoms with Crippen molar-refractivity contribution in [3.8, 4) is 0 Å². The Bertz CT molecular complexity index is 1040. The lowest BCUT2D eigenvalue weighted by Crippen LogP contribution is -2.16. The van der Waals surface area contributed by atoms with Crippen LogP contribution < -0.4 is 5.32 Å². The summed E-state index contributed by atoms with van der Waals surface area (Å²) in [6, 6.07) is 20.0. The summed E-state index contributed by atoms with van der Waals surface area (Å²) in [7, 11) is 0. The summed E-state index contributed by atoms with van der Waals surface area (Å²) in [6.07, 6.45) is 0.0577. The van der Waals surface area contributed by atoms with Crippen molar-refractivity contribution >= 4 is 22.8 Å². The molecule has 0 aliphatic heterocycles. The van der Waals surface area contributed by atoms with Gasteiger partial charge in [-0.05, 0) is 17.7 Å². The predicted molar refractivity (Wildman–Crippen MR) is 108 cm³/mol. The molecule has 1 N–H and O–H groups in total. The molecular formula is C21H17N3O5. The Labute approximate surface area is 166 Å². The van der Waals surface area contributed by atoms with E-state index in [9.17, 15) is 25.0 Å². The van der Waals surface area contributed by atoms with Crippen molar-refractivity contribution in [2.75, 3.05) is 5.32 Å². The molecule has 29 heavy (non-hydrogen) atoms. The molecule has 0 amide bonds. The highest BCUT2D eigenvalue weighted by molar-refractivity contribution is 5.96. The molecule has 0 radical (unpaired) electrons. The van der Waals surface area contributed by atoms with E-state index >= 15 is 0 Å². The Morgan fingerprint density at radius 3 is 2.10 bits per heavy atom. The minimum Gasteiger partial charge on any atom is -0.378 e. The maximum atomic E-state index is 12.7. The molecule has 0 bridgehead atoms. The average molecular weight is 391 g/mol. The quantitative estimate of drug-likeness (QED) is 0.331. The molecule has 0 spiro atoms. The van der Waals surface area contributed by atoms with Gasteiger partial charge in [-0.3, -0.25) is 25.0 Å². The van der Waals surface area contributed by atoms with Gasteiger partial charge in [0.1, 0.15) is 0 Å². The minimum atomic E-state index is -0.552. The Morgan fingerprint density at radius 1 is 0.828 bits per heavy atom. The third kappa shape index (κ3) is 5.01. The summed E-state index contributed by atoms with van der Waals surface area (Å²) in [5.74, 6) is -0.128. The van der Waals surface area contributed by atoms with E-state index in [2.05, 4.69) is 5.32 Å². The Hall–Kier alpha value is -4.07. The maximum absolute atomic E-state index is 12.7. The zero-order valence-electron chi connectivity index (χ0n) is 15.2. The molecule has 146 valence electrons. The monoisotopic (exact) mass is 391 g/mol. The second-order valence-corrected chi connectivity index (χ2v) is 6.35. The number of hydrogen-bond donors (Lipinski definition) is 1. The van der Waals surface area contributed by atoms with E-state index in [1.54, 1.807) is 36.4 Å². The van der Waals surface area contributed by atoms with Crippen molar-refractivity contribution in [1.29, 1.82) is 0 Å². The standard InChI is InChI=1S/C21H17N3O5/c25-21(15-5-2-1-3-6-15)14-20(16-7-4-8-19(13-16)24(28)29)22-17-9-11-18(12-10-17)23(26)27/h1-13,20,22H,14H2. The van der Waals surface area contributed by atoms with Gasteiger partial charge in [-0.15, -0.1) is 0 Å². The van der Waals surface area contributed by atoms with Crippen LogP contribution in [0.1, 0.15) is 28.4 Å². The van der Waals surface area contributed by atoms with Gasteiger partial charge in [0, 0.05) is 41.9 Å². The number of non-ortho nitro benzene ring substituents is 2. The number of anilines is 1. The molecular weight excluding hydrogens is 374 g/mol. The SMILES string of the molecule is O=C(CC(Nc1ccc([N+](=O)[O-])cc1)c1cccc([N+](=O)[O-])c1)c1ccccc1. The summed E-state index contributed by atoms with van der Waals surface area (Å²) in [5, 5.41) is 25.1. The largest absolute Gasteiger partial charge is 0.378 e. The Balaban J connectivity index is 1.90. The summed E-state index contributed by atoms with van der Waals surface area (Å²) in [6.45, 7) is 0. The van der Waals surface area contributed by atoms with E-state index in [1.165, 1.54) is 36.4 Å². The van der Waals surface area contributed by atoms with Gasteiger partial charge >= 0.3 is 0 Å². The van der Waals surface area contributed by atoms with Crippen LogP contribution in [-0.2, 0) is 0 Å². The molecule has 3 aromatic rings. The lowest BCUT2D eigenvalue weighted by molar-refractivity contribution is -0.385. The van der Waals surface area contributed by atoms with E-state index in [4.69, 9.17) is 0 Å². The molecule has 0 saturated heterocycles. The van der Waals surface area contributed by atoms with Crippen LogP contribution in [0.25, 0.3) is 0 Å². The highest BCUT2D eigenvalue weighted by Crippen LogP contribution is 2.28. The summed E-state index contributed by atoms with van der Waals surface area (Å²) in [5.41, 5.74) is 1.54. The maximum Gasteiger partial charge on any atom is 0.269 e. The summed E-state index contributed by atoms with van der Waals surface area (Å²) >= 11 is 0. The van der Waals surface area contributed by atoms with Crippen LogP contribution in [0.5, 0.6) is 0 Å². The van der Waals surface area contributed by atoms with Crippen molar-refractivity contribution in [1.82, 2.24) is 0 Å². The van der Waals surface area contributed by atoms with Gasteiger partial charge in [-0.25, -0.2) is 0 Å². The molecule has 8 nitrogen and oxygen atoms in total. The number of carbonyl (C=O) groups is 1. The van der Waals surface area contributed by atoms with Gasteiger partial charge in [0.15, 0.2) is 5.78 Å². The number of ketones is 1. The second-order valence-electron chi connectivity index (χ2n) is 6.35. The zero-order chi connectivity index (χ0) is 20.8. The molecule has 0 fully saturated rings. The van der Waals surface area contributed by atoms with Crippen LogP contribution in [0, 0.1) is 20.2 Å². The minimum absolute atomic E-state index is 0.0530. The van der Waals surface area contributed by atoms with Gasteiger partial charge in [0.05, 0.1) is 15.9 Å². The van der Waals surface area contributed by atoms with E-state index in [0.717, 1.165) is 0 Å². The Kier molecular flexibility index (Phi) is 5.94. The first kappa shape index (κ1) is 19.7. The first-order valence-electron chi connectivity index (χ1n) is 8.77. The second kappa shape index (κ2) is 8.75. The van der Waals surface area contributed by atoms with Crippen LogP contribution >= 0.6 is 0 Å². The fraction of sp³-hybridized carbons (Fsp3) is 0.0952. The van der Waals surface area contributed by atoms with Crippen LogP contribution in [0.15, 0.2) is 78.9 Å². The highest BCUT2D eigenvalue weighted by atomic mass is 16.6.